The first-order valence-corrected chi connectivity index (χ1v) is 9.47. The fraction of sp³-hybridized carbons (Fsp3) is 0.0769. The highest BCUT2D eigenvalue weighted by Gasteiger charge is 2.13. The molecule has 4 aromatic rings. The van der Waals surface area contributed by atoms with Gasteiger partial charge in [-0.25, -0.2) is 13.2 Å². The molecule has 0 aromatic heterocycles. The summed E-state index contributed by atoms with van der Waals surface area (Å²) in [6.07, 6.45) is 0. The van der Waals surface area contributed by atoms with Crippen LogP contribution in [0.2, 0.25) is 0 Å². The predicted molar refractivity (Wildman–Crippen MR) is 113 cm³/mol. The lowest BCUT2D eigenvalue weighted by molar-refractivity contribution is 0.336. The highest BCUT2D eigenvalue weighted by Crippen LogP contribution is 2.30. The fourth-order valence-electron chi connectivity index (χ4n) is 3.23. The molecule has 0 amide bonds. The minimum Gasteiger partial charge on any atom is -0.494 e. The Morgan fingerprint density at radius 2 is 1.30 bits per heavy atom. The van der Waals surface area contributed by atoms with Gasteiger partial charge in [0.2, 0.25) is 0 Å². The Morgan fingerprint density at radius 1 is 0.700 bits per heavy atom. The van der Waals surface area contributed by atoms with Crippen molar-refractivity contribution < 1.29 is 17.9 Å². The molecule has 4 rings (SSSR count). The Hall–Kier alpha value is -3.71. The lowest BCUT2D eigenvalue weighted by Gasteiger charge is -2.09. The van der Waals surface area contributed by atoms with Crippen LogP contribution in [0.3, 0.4) is 0 Å². The van der Waals surface area contributed by atoms with Gasteiger partial charge >= 0.3 is 0 Å². The van der Waals surface area contributed by atoms with E-state index in [4.69, 9.17) is 4.74 Å². The SMILES string of the molecule is CCOc1cc(F)c(-c2ccc(C#Cc3ccc4cc(F)ccc4c3)cc2)c(F)c1. The van der Waals surface area contributed by atoms with Crippen molar-refractivity contribution in [3.63, 3.8) is 0 Å². The van der Waals surface area contributed by atoms with Crippen LogP contribution in [-0.2, 0) is 0 Å². The standard InChI is InChI=1S/C26H17F3O/c1-2-30-23-15-24(28)26(25(29)16-23)19-8-5-17(6-9-19)3-4-18-7-10-21-14-22(27)12-11-20(21)13-18/h5-16H,2H2,1H3. The molecule has 0 saturated carbocycles. The van der Waals surface area contributed by atoms with Crippen LogP contribution in [0.25, 0.3) is 21.9 Å². The molecule has 0 spiro atoms. The first-order valence-electron chi connectivity index (χ1n) is 9.47. The molecule has 0 saturated heterocycles. The molecule has 4 heteroatoms. The van der Waals surface area contributed by atoms with E-state index in [1.54, 1.807) is 37.3 Å². The average molecular weight is 402 g/mol. The number of hydrogen-bond donors (Lipinski definition) is 0. The largest absolute Gasteiger partial charge is 0.494 e. The van der Waals surface area contributed by atoms with Gasteiger partial charge in [0.1, 0.15) is 23.2 Å². The topological polar surface area (TPSA) is 9.23 Å². The molecule has 0 fully saturated rings. The quantitative estimate of drug-likeness (QED) is 0.346. The van der Waals surface area contributed by atoms with Crippen LogP contribution < -0.4 is 4.74 Å². The summed E-state index contributed by atoms with van der Waals surface area (Å²) >= 11 is 0. The van der Waals surface area contributed by atoms with Crippen molar-refractivity contribution in [3.05, 3.63) is 101 Å². The first-order chi connectivity index (χ1) is 14.5. The molecule has 0 aliphatic heterocycles. The van der Waals surface area contributed by atoms with E-state index in [9.17, 15) is 13.2 Å². The minimum atomic E-state index is -0.676. The molecule has 0 heterocycles. The highest BCUT2D eigenvalue weighted by molar-refractivity contribution is 5.84. The van der Waals surface area contributed by atoms with E-state index in [-0.39, 0.29) is 17.1 Å². The van der Waals surface area contributed by atoms with Crippen LogP contribution in [0.5, 0.6) is 5.75 Å². The molecule has 0 aliphatic rings. The van der Waals surface area contributed by atoms with Crippen LogP contribution in [0.4, 0.5) is 13.2 Å². The van der Waals surface area contributed by atoms with Crippen LogP contribution >= 0.6 is 0 Å². The minimum absolute atomic E-state index is 0.0975. The molecule has 0 unspecified atom stereocenters. The van der Waals surface area contributed by atoms with E-state index in [1.165, 1.54) is 24.3 Å². The van der Waals surface area contributed by atoms with Crippen LogP contribution in [-0.4, -0.2) is 6.61 Å². The first kappa shape index (κ1) is 19.6. The van der Waals surface area contributed by atoms with Gasteiger partial charge in [-0.3, -0.25) is 0 Å². The lowest BCUT2D eigenvalue weighted by Crippen LogP contribution is -1.96. The van der Waals surface area contributed by atoms with E-state index >= 15 is 0 Å². The zero-order valence-electron chi connectivity index (χ0n) is 16.2. The number of fused-ring (bicyclic) bond motifs is 1. The van der Waals surface area contributed by atoms with E-state index in [1.807, 2.05) is 18.2 Å². The average Bonchev–Trinajstić information content (AvgIpc) is 2.73. The monoisotopic (exact) mass is 402 g/mol. The molecule has 0 radical (unpaired) electrons. The molecule has 0 aliphatic carbocycles. The summed E-state index contributed by atoms with van der Waals surface area (Å²) in [5.41, 5.74) is 1.83. The van der Waals surface area contributed by atoms with Crippen molar-refractivity contribution in [1.82, 2.24) is 0 Å². The zero-order valence-corrected chi connectivity index (χ0v) is 16.2. The van der Waals surface area contributed by atoms with Gasteiger partial charge in [0, 0.05) is 23.3 Å². The second-order valence-electron chi connectivity index (χ2n) is 6.73. The smallest absolute Gasteiger partial charge is 0.137 e. The molecule has 1 nitrogen and oxygen atoms in total. The van der Waals surface area contributed by atoms with Gasteiger partial charge in [-0.05, 0) is 59.7 Å². The maximum Gasteiger partial charge on any atom is 0.137 e. The lowest BCUT2D eigenvalue weighted by atomic mass is 10.0. The van der Waals surface area contributed by atoms with Gasteiger partial charge in [0.25, 0.3) is 0 Å². The van der Waals surface area contributed by atoms with Gasteiger partial charge in [-0.1, -0.05) is 36.1 Å². The third kappa shape index (κ3) is 4.16. The highest BCUT2D eigenvalue weighted by atomic mass is 19.1. The number of ether oxygens (including phenoxy) is 1. The van der Waals surface area contributed by atoms with Crippen molar-refractivity contribution in [1.29, 1.82) is 0 Å². The predicted octanol–water partition coefficient (Wildman–Crippen LogP) is 6.72. The molecular formula is C26H17F3O. The Balaban J connectivity index is 1.59. The molecule has 0 N–H and O–H groups in total. The summed E-state index contributed by atoms with van der Waals surface area (Å²) in [5, 5.41) is 1.71. The van der Waals surface area contributed by atoms with Crippen LogP contribution in [0.15, 0.2) is 72.8 Å². The van der Waals surface area contributed by atoms with Crippen molar-refractivity contribution in [2.24, 2.45) is 0 Å². The summed E-state index contributed by atoms with van der Waals surface area (Å²) in [6.45, 7) is 2.08. The normalized spacial score (nSPS) is 10.5. The third-order valence-electron chi connectivity index (χ3n) is 4.65. The van der Waals surface area contributed by atoms with Crippen molar-refractivity contribution >= 4 is 10.8 Å². The summed E-state index contributed by atoms with van der Waals surface area (Å²) < 4.78 is 47.2. The van der Waals surface area contributed by atoms with Crippen molar-refractivity contribution in [2.75, 3.05) is 6.61 Å². The Bertz CT molecular complexity index is 1260. The molecule has 0 bridgehead atoms. The summed E-state index contributed by atoms with van der Waals surface area (Å²) in [4.78, 5) is 0. The number of halogens is 3. The summed E-state index contributed by atoms with van der Waals surface area (Å²) in [5.74, 6) is 4.64. The Labute approximate surface area is 172 Å². The molecular weight excluding hydrogens is 385 g/mol. The second kappa shape index (κ2) is 8.34. The Morgan fingerprint density at radius 3 is 2.00 bits per heavy atom. The summed E-state index contributed by atoms with van der Waals surface area (Å²) in [7, 11) is 0. The number of hydrogen-bond acceptors (Lipinski definition) is 1. The van der Waals surface area contributed by atoms with Crippen LogP contribution in [0, 0.1) is 29.3 Å². The van der Waals surface area contributed by atoms with Crippen molar-refractivity contribution in [2.45, 2.75) is 6.92 Å². The van der Waals surface area contributed by atoms with Crippen LogP contribution in [0.1, 0.15) is 18.1 Å². The van der Waals surface area contributed by atoms with E-state index < -0.39 is 11.6 Å². The molecule has 30 heavy (non-hydrogen) atoms. The number of rotatable bonds is 3. The molecule has 148 valence electrons. The molecule has 4 aromatic carbocycles. The maximum absolute atomic E-state index is 14.4. The second-order valence-corrected chi connectivity index (χ2v) is 6.73. The molecule has 0 atom stereocenters. The third-order valence-corrected chi connectivity index (χ3v) is 4.65. The number of benzene rings is 4. The van der Waals surface area contributed by atoms with Gasteiger partial charge in [0.05, 0.1) is 12.2 Å². The van der Waals surface area contributed by atoms with Gasteiger partial charge < -0.3 is 4.74 Å². The van der Waals surface area contributed by atoms with Crippen molar-refractivity contribution in [3.8, 4) is 28.7 Å². The summed E-state index contributed by atoms with van der Waals surface area (Å²) in [6, 6.07) is 19.2. The van der Waals surface area contributed by atoms with Gasteiger partial charge in [-0.15, -0.1) is 0 Å². The van der Waals surface area contributed by atoms with E-state index in [0.29, 0.717) is 17.7 Å². The van der Waals surface area contributed by atoms with Gasteiger partial charge in [0.15, 0.2) is 0 Å². The maximum atomic E-state index is 14.4. The fourth-order valence-corrected chi connectivity index (χ4v) is 3.23. The van der Waals surface area contributed by atoms with E-state index in [0.717, 1.165) is 16.3 Å². The van der Waals surface area contributed by atoms with Gasteiger partial charge in [-0.2, -0.15) is 0 Å². The van der Waals surface area contributed by atoms with E-state index in [2.05, 4.69) is 11.8 Å². The zero-order chi connectivity index (χ0) is 21.1. The Kier molecular flexibility index (Phi) is 5.45.